The van der Waals surface area contributed by atoms with Gasteiger partial charge in [0, 0.05) is 18.9 Å². The lowest BCUT2D eigenvalue weighted by atomic mass is 9.93. The molecule has 0 spiro atoms. The molecule has 2 rings (SSSR count). The maximum Gasteiger partial charge on any atom is 0.125 e. The number of likely N-dealkylation sites (N-methyl/N-ethyl adjacent to an activating group) is 1. The number of hydrogen-bond donors (Lipinski definition) is 0. The number of aryl methyl sites for hydroxylation is 1. The Balaban J connectivity index is 2.10. The summed E-state index contributed by atoms with van der Waals surface area (Å²) < 4.78 is 0. The quantitative estimate of drug-likeness (QED) is 0.675. The highest BCUT2D eigenvalue weighted by Crippen LogP contribution is 2.24. The van der Waals surface area contributed by atoms with Crippen molar-refractivity contribution in [2.24, 2.45) is 0 Å². The molecule has 1 aliphatic rings. The van der Waals surface area contributed by atoms with Gasteiger partial charge in [-0.25, -0.2) is 9.97 Å². The normalized spacial score (nSPS) is 23.7. The first-order chi connectivity index (χ1) is 6.75. The van der Waals surface area contributed by atoms with Crippen molar-refractivity contribution in [2.45, 2.75) is 25.7 Å². The second-order valence-electron chi connectivity index (χ2n) is 4.17. The van der Waals surface area contributed by atoms with Crippen LogP contribution in [0.5, 0.6) is 0 Å². The Morgan fingerprint density at radius 1 is 1.36 bits per heavy atom. The third-order valence-corrected chi connectivity index (χ3v) is 2.90. The molecule has 0 aromatic carbocycles. The van der Waals surface area contributed by atoms with E-state index in [1.54, 1.807) is 0 Å². The zero-order valence-corrected chi connectivity index (χ0v) is 8.90. The highest BCUT2D eigenvalue weighted by Gasteiger charge is 2.18. The maximum absolute atomic E-state index is 4.25. The van der Waals surface area contributed by atoms with Gasteiger partial charge in [0.15, 0.2) is 0 Å². The summed E-state index contributed by atoms with van der Waals surface area (Å²) in [4.78, 5) is 10.9. The van der Waals surface area contributed by atoms with Crippen LogP contribution >= 0.6 is 0 Å². The molecule has 0 aliphatic carbocycles. The Kier molecular flexibility index (Phi) is 2.77. The molecule has 0 bridgehead atoms. The predicted octanol–water partition coefficient (Wildman–Crippen LogP) is 1.59. The molecule has 3 nitrogen and oxygen atoms in total. The van der Waals surface area contributed by atoms with Gasteiger partial charge in [0.25, 0.3) is 0 Å². The van der Waals surface area contributed by atoms with Gasteiger partial charge >= 0.3 is 0 Å². The fourth-order valence-electron chi connectivity index (χ4n) is 2.05. The molecule has 14 heavy (non-hydrogen) atoms. The average molecular weight is 191 g/mol. The van der Waals surface area contributed by atoms with E-state index >= 15 is 0 Å². The molecule has 1 aliphatic heterocycles. The van der Waals surface area contributed by atoms with Crippen LogP contribution in [0.25, 0.3) is 0 Å². The van der Waals surface area contributed by atoms with Crippen LogP contribution in [0.4, 0.5) is 0 Å². The molecule has 0 saturated carbocycles. The molecule has 1 fully saturated rings. The minimum atomic E-state index is 0.634. The first kappa shape index (κ1) is 9.59. The molecule has 1 atom stereocenters. The van der Waals surface area contributed by atoms with Gasteiger partial charge in [0.1, 0.15) is 5.82 Å². The van der Waals surface area contributed by atoms with Crippen LogP contribution in [0.1, 0.15) is 30.1 Å². The van der Waals surface area contributed by atoms with E-state index in [2.05, 4.69) is 21.9 Å². The number of hydrogen-bond acceptors (Lipinski definition) is 3. The Morgan fingerprint density at radius 3 is 2.71 bits per heavy atom. The largest absolute Gasteiger partial charge is 0.306 e. The highest BCUT2D eigenvalue weighted by atomic mass is 15.1. The highest BCUT2D eigenvalue weighted by molar-refractivity contribution is 5.12. The van der Waals surface area contributed by atoms with Gasteiger partial charge in [-0.2, -0.15) is 0 Å². The predicted molar refractivity (Wildman–Crippen MR) is 56.2 cm³/mol. The molecule has 3 heteroatoms. The van der Waals surface area contributed by atoms with E-state index in [1.807, 2.05) is 19.3 Å². The zero-order valence-electron chi connectivity index (χ0n) is 8.90. The second kappa shape index (κ2) is 4.05. The Hall–Kier alpha value is -0.960. The third-order valence-electron chi connectivity index (χ3n) is 2.90. The topological polar surface area (TPSA) is 29.0 Å². The standard InChI is InChI=1S/C11H17N3/c1-9-12-6-11(7-13-9)10-4-3-5-14(2)8-10/h6-7,10H,3-5,8H2,1-2H3/t10-/m1/s1. The van der Waals surface area contributed by atoms with E-state index in [4.69, 9.17) is 0 Å². The molecule has 0 unspecified atom stereocenters. The Labute approximate surface area is 85.2 Å². The van der Waals surface area contributed by atoms with Crippen molar-refractivity contribution in [3.63, 3.8) is 0 Å². The summed E-state index contributed by atoms with van der Waals surface area (Å²) in [7, 11) is 2.18. The smallest absolute Gasteiger partial charge is 0.125 e. The summed E-state index contributed by atoms with van der Waals surface area (Å²) in [5.41, 5.74) is 1.29. The van der Waals surface area contributed by atoms with Gasteiger partial charge in [-0.05, 0) is 44.8 Å². The second-order valence-corrected chi connectivity index (χ2v) is 4.17. The molecular formula is C11H17N3. The van der Waals surface area contributed by atoms with Crippen LogP contribution in [0.15, 0.2) is 12.4 Å². The molecule has 76 valence electrons. The number of piperidine rings is 1. The molecule has 1 saturated heterocycles. The van der Waals surface area contributed by atoms with E-state index in [9.17, 15) is 0 Å². The molecular weight excluding hydrogens is 174 g/mol. The summed E-state index contributed by atoms with van der Waals surface area (Å²) in [6.45, 7) is 4.30. The van der Waals surface area contributed by atoms with E-state index < -0.39 is 0 Å². The number of nitrogens with zero attached hydrogens (tertiary/aromatic N) is 3. The number of aromatic nitrogens is 2. The van der Waals surface area contributed by atoms with E-state index in [-0.39, 0.29) is 0 Å². The van der Waals surface area contributed by atoms with Gasteiger partial charge in [0.2, 0.25) is 0 Å². The summed E-state index contributed by atoms with van der Waals surface area (Å²) in [5.74, 6) is 1.49. The van der Waals surface area contributed by atoms with Crippen LogP contribution < -0.4 is 0 Å². The van der Waals surface area contributed by atoms with Crippen LogP contribution in [0, 0.1) is 6.92 Å². The van der Waals surface area contributed by atoms with Crippen LogP contribution in [0.3, 0.4) is 0 Å². The molecule has 0 radical (unpaired) electrons. The van der Waals surface area contributed by atoms with Gasteiger partial charge in [0.05, 0.1) is 0 Å². The number of likely N-dealkylation sites (tertiary alicyclic amines) is 1. The summed E-state index contributed by atoms with van der Waals surface area (Å²) >= 11 is 0. The first-order valence-electron chi connectivity index (χ1n) is 5.23. The monoisotopic (exact) mass is 191 g/mol. The van der Waals surface area contributed by atoms with Crippen LogP contribution in [0.2, 0.25) is 0 Å². The minimum Gasteiger partial charge on any atom is -0.306 e. The lowest BCUT2D eigenvalue weighted by Gasteiger charge is -2.29. The summed E-state index contributed by atoms with van der Waals surface area (Å²) in [6.07, 6.45) is 6.52. The fourth-order valence-corrected chi connectivity index (χ4v) is 2.05. The van der Waals surface area contributed by atoms with Gasteiger partial charge in [-0.1, -0.05) is 0 Å². The van der Waals surface area contributed by atoms with Crippen molar-refractivity contribution in [3.05, 3.63) is 23.8 Å². The van der Waals surface area contributed by atoms with Crippen LogP contribution in [-0.2, 0) is 0 Å². The molecule has 1 aromatic heterocycles. The fraction of sp³-hybridized carbons (Fsp3) is 0.636. The molecule has 2 heterocycles. The zero-order chi connectivity index (χ0) is 9.97. The Bertz CT molecular complexity index is 294. The van der Waals surface area contributed by atoms with Crippen molar-refractivity contribution < 1.29 is 0 Å². The summed E-state index contributed by atoms with van der Waals surface area (Å²) in [6, 6.07) is 0. The van der Waals surface area contributed by atoms with Gasteiger partial charge in [-0.3, -0.25) is 0 Å². The lowest BCUT2D eigenvalue weighted by molar-refractivity contribution is 0.250. The average Bonchev–Trinajstić information content (AvgIpc) is 2.19. The van der Waals surface area contributed by atoms with E-state index in [0.29, 0.717) is 5.92 Å². The summed E-state index contributed by atoms with van der Waals surface area (Å²) in [5, 5.41) is 0. The van der Waals surface area contributed by atoms with Gasteiger partial charge in [-0.15, -0.1) is 0 Å². The van der Waals surface area contributed by atoms with Crippen molar-refractivity contribution >= 4 is 0 Å². The minimum absolute atomic E-state index is 0.634. The molecule has 0 amide bonds. The Morgan fingerprint density at radius 2 is 2.07 bits per heavy atom. The van der Waals surface area contributed by atoms with E-state index in [0.717, 1.165) is 12.4 Å². The van der Waals surface area contributed by atoms with Crippen molar-refractivity contribution in [2.75, 3.05) is 20.1 Å². The van der Waals surface area contributed by atoms with Crippen molar-refractivity contribution in [1.29, 1.82) is 0 Å². The lowest BCUT2D eigenvalue weighted by Crippen LogP contribution is -2.30. The van der Waals surface area contributed by atoms with E-state index in [1.165, 1.54) is 24.9 Å². The van der Waals surface area contributed by atoms with Gasteiger partial charge < -0.3 is 4.90 Å². The van der Waals surface area contributed by atoms with Crippen molar-refractivity contribution in [1.82, 2.24) is 14.9 Å². The van der Waals surface area contributed by atoms with Crippen LogP contribution in [-0.4, -0.2) is 35.0 Å². The maximum atomic E-state index is 4.25. The third kappa shape index (κ3) is 2.10. The number of rotatable bonds is 1. The van der Waals surface area contributed by atoms with Crippen molar-refractivity contribution in [3.8, 4) is 0 Å². The SMILES string of the molecule is Cc1ncc([C@@H]2CCCN(C)C2)cn1. The molecule has 0 N–H and O–H groups in total. The molecule has 1 aromatic rings. The first-order valence-corrected chi connectivity index (χ1v) is 5.23.